The van der Waals surface area contributed by atoms with E-state index in [-0.39, 0.29) is 30.1 Å². The molecule has 154 valence electrons. The van der Waals surface area contributed by atoms with Gasteiger partial charge in [-0.05, 0) is 43.4 Å². The zero-order chi connectivity index (χ0) is 20.9. The van der Waals surface area contributed by atoms with Gasteiger partial charge in [-0.15, -0.1) is 11.3 Å². The molecule has 5 nitrogen and oxygen atoms in total. The zero-order valence-corrected chi connectivity index (χ0v) is 16.9. The molecule has 1 aromatic heterocycles. The summed E-state index contributed by atoms with van der Waals surface area (Å²) in [5, 5.41) is 3.14. The fraction of sp³-hybridized carbons (Fsp3) is 0.421. The number of likely N-dealkylation sites (tertiary alicyclic amines) is 1. The van der Waals surface area contributed by atoms with Crippen LogP contribution in [0.4, 0.5) is 13.2 Å². The molecule has 4 rings (SSSR count). The molecule has 3 atom stereocenters. The van der Waals surface area contributed by atoms with Gasteiger partial charge in [0.15, 0.2) is 0 Å². The van der Waals surface area contributed by atoms with Gasteiger partial charge in [-0.25, -0.2) is 4.98 Å². The quantitative estimate of drug-likeness (QED) is 0.775. The third-order valence-electron chi connectivity index (χ3n) is 5.22. The Morgan fingerprint density at radius 3 is 2.79 bits per heavy atom. The highest BCUT2D eigenvalue weighted by atomic mass is 35.5. The number of carbonyl (C=O) groups excluding carboxylic acids is 2. The molecule has 2 fully saturated rings. The molecule has 1 N–H and O–H groups in total. The Morgan fingerprint density at radius 1 is 1.34 bits per heavy atom. The van der Waals surface area contributed by atoms with Crippen LogP contribution in [-0.4, -0.2) is 46.5 Å². The van der Waals surface area contributed by atoms with Crippen LogP contribution in [0, 0.1) is 12.8 Å². The Balaban J connectivity index is 1.58. The van der Waals surface area contributed by atoms with Crippen molar-refractivity contribution >= 4 is 34.8 Å². The van der Waals surface area contributed by atoms with Crippen LogP contribution in [0.2, 0.25) is 5.02 Å². The standard InChI is InChI=1S/C19H17ClF3N3O2S/c1-9-25-15(16(29-9)10-3-2-4-12(20)5-10)17(27)26-13(6-11-7-14(11)26)8-24-18(28)19(21,22)23/h2-5,11,13-14H,6-8H2,1H3,(H,24,28)/t11-,13+,14+/m1/s1. The molecule has 2 heterocycles. The molecule has 1 saturated carbocycles. The first-order valence-corrected chi connectivity index (χ1v) is 10.3. The predicted molar refractivity (Wildman–Crippen MR) is 103 cm³/mol. The van der Waals surface area contributed by atoms with Crippen molar-refractivity contribution in [2.75, 3.05) is 6.54 Å². The van der Waals surface area contributed by atoms with Crippen molar-refractivity contribution in [3.63, 3.8) is 0 Å². The molecule has 2 amide bonds. The SMILES string of the molecule is Cc1nc(C(=O)N2[C@H](CNC(=O)C(F)(F)F)C[C@@H]3C[C@@H]32)c(-c2cccc(Cl)c2)s1. The maximum Gasteiger partial charge on any atom is 0.471 e. The second-order valence-electron chi connectivity index (χ2n) is 7.29. The van der Waals surface area contributed by atoms with Gasteiger partial charge in [0.1, 0.15) is 5.69 Å². The van der Waals surface area contributed by atoms with Gasteiger partial charge >= 0.3 is 12.1 Å². The third kappa shape index (κ3) is 3.98. The van der Waals surface area contributed by atoms with Crippen molar-refractivity contribution in [1.29, 1.82) is 0 Å². The summed E-state index contributed by atoms with van der Waals surface area (Å²) >= 11 is 7.44. The molecule has 1 saturated heterocycles. The van der Waals surface area contributed by atoms with Gasteiger partial charge in [-0.3, -0.25) is 9.59 Å². The highest BCUT2D eigenvalue weighted by Gasteiger charge is 2.54. The van der Waals surface area contributed by atoms with E-state index in [2.05, 4.69) is 4.98 Å². The zero-order valence-electron chi connectivity index (χ0n) is 15.3. The number of carbonyl (C=O) groups is 2. The molecule has 1 aliphatic heterocycles. The van der Waals surface area contributed by atoms with Crippen molar-refractivity contribution in [2.24, 2.45) is 5.92 Å². The van der Waals surface area contributed by atoms with Crippen LogP contribution in [0.15, 0.2) is 24.3 Å². The molecular weight excluding hydrogens is 427 g/mol. The number of hydrogen-bond acceptors (Lipinski definition) is 4. The summed E-state index contributed by atoms with van der Waals surface area (Å²) in [6, 6.07) is 6.60. The second-order valence-corrected chi connectivity index (χ2v) is 8.93. The number of piperidine rings is 1. The van der Waals surface area contributed by atoms with Crippen LogP contribution >= 0.6 is 22.9 Å². The number of rotatable bonds is 4. The minimum atomic E-state index is -4.94. The number of alkyl halides is 3. The summed E-state index contributed by atoms with van der Waals surface area (Å²) in [4.78, 5) is 31.2. The van der Waals surface area contributed by atoms with E-state index in [0.717, 1.165) is 12.0 Å². The van der Waals surface area contributed by atoms with Crippen LogP contribution in [0.3, 0.4) is 0 Å². The lowest BCUT2D eigenvalue weighted by atomic mass is 10.1. The molecule has 29 heavy (non-hydrogen) atoms. The summed E-state index contributed by atoms with van der Waals surface area (Å²) in [5.41, 5.74) is 1.04. The monoisotopic (exact) mass is 443 g/mol. The van der Waals surface area contributed by atoms with Gasteiger partial charge in [0.2, 0.25) is 0 Å². The lowest BCUT2D eigenvalue weighted by Crippen LogP contribution is -2.48. The Hall–Kier alpha value is -2.13. The lowest BCUT2D eigenvalue weighted by molar-refractivity contribution is -0.173. The number of nitrogens with one attached hydrogen (secondary N) is 1. The highest BCUT2D eigenvalue weighted by molar-refractivity contribution is 7.15. The Morgan fingerprint density at radius 2 is 2.10 bits per heavy atom. The molecule has 0 bridgehead atoms. The van der Waals surface area contributed by atoms with E-state index >= 15 is 0 Å². The minimum absolute atomic E-state index is 0.00972. The van der Waals surface area contributed by atoms with Crippen molar-refractivity contribution in [2.45, 2.75) is 38.0 Å². The first-order chi connectivity index (χ1) is 13.6. The van der Waals surface area contributed by atoms with E-state index in [9.17, 15) is 22.8 Å². The van der Waals surface area contributed by atoms with E-state index in [0.29, 0.717) is 21.3 Å². The van der Waals surface area contributed by atoms with E-state index in [1.54, 1.807) is 30.0 Å². The number of aryl methyl sites for hydroxylation is 1. The van der Waals surface area contributed by atoms with E-state index in [1.165, 1.54) is 11.3 Å². The van der Waals surface area contributed by atoms with Gasteiger partial charge in [0, 0.05) is 17.6 Å². The van der Waals surface area contributed by atoms with Gasteiger partial charge in [0.05, 0.1) is 15.9 Å². The molecule has 1 aromatic carbocycles. The van der Waals surface area contributed by atoms with Crippen molar-refractivity contribution in [3.8, 4) is 10.4 Å². The number of aromatic nitrogens is 1. The maximum atomic E-state index is 13.3. The molecule has 2 aromatic rings. The highest BCUT2D eigenvalue weighted by Crippen LogP contribution is 2.48. The van der Waals surface area contributed by atoms with Gasteiger partial charge in [-0.2, -0.15) is 13.2 Å². The van der Waals surface area contributed by atoms with Crippen LogP contribution in [0.5, 0.6) is 0 Å². The van der Waals surface area contributed by atoms with Crippen LogP contribution in [-0.2, 0) is 4.79 Å². The van der Waals surface area contributed by atoms with E-state index < -0.39 is 18.1 Å². The summed E-state index contributed by atoms with van der Waals surface area (Å²) in [6.07, 6.45) is -3.54. The van der Waals surface area contributed by atoms with Crippen molar-refractivity contribution < 1.29 is 22.8 Å². The average Bonchev–Trinajstić information content (AvgIpc) is 3.13. The van der Waals surface area contributed by atoms with Gasteiger partial charge in [0.25, 0.3) is 5.91 Å². The maximum absolute atomic E-state index is 13.3. The average molecular weight is 444 g/mol. The number of nitrogens with zero attached hydrogens (tertiary/aromatic N) is 2. The van der Waals surface area contributed by atoms with Crippen molar-refractivity contribution in [1.82, 2.24) is 15.2 Å². The Bertz CT molecular complexity index is 978. The second kappa shape index (κ2) is 7.28. The van der Waals surface area contributed by atoms with Crippen molar-refractivity contribution in [3.05, 3.63) is 40.0 Å². The number of halogens is 4. The number of amides is 2. The third-order valence-corrected chi connectivity index (χ3v) is 6.48. The Kier molecular flexibility index (Phi) is 5.06. The smallest absolute Gasteiger partial charge is 0.346 e. The summed E-state index contributed by atoms with van der Waals surface area (Å²) < 4.78 is 37.5. The molecule has 2 aliphatic rings. The number of thiazole rings is 1. The van der Waals surface area contributed by atoms with E-state index in [4.69, 9.17) is 11.6 Å². The summed E-state index contributed by atoms with van der Waals surface area (Å²) in [5.74, 6) is -2.05. The molecule has 10 heteroatoms. The molecule has 0 spiro atoms. The minimum Gasteiger partial charge on any atom is -0.346 e. The first kappa shape index (κ1) is 20.2. The molecule has 1 aliphatic carbocycles. The number of hydrogen-bond donors (Lipinski definition) is 1. The molecular formula is C19H17ClF3N3O2S. The van der Waals surface area contributed by atoms with Crippen LogP contribution in [0.25, 0.3) is 10.4 Å². The fourth-order valence-corrected chi connectivity index (χ4v) is 4.99. The fourth-order valence-electron chi connectivity index (χ4n) is 3.89. The number of fused-ring (bicyclic) bond motifs is 1. The normalized spacial score (nSPS) is 23.1. The van der Waals surface area contributed by atoms with Crippen LogP contribution < -0.4 is 5.32 Å². The topological polar surface area (TPSA) is 62.3 Å². The van der Waals surface area contributed by atoms with Crippen LogP contribution in [0.1, 0.15) is 28.3 Å². The van der Waals surface area contributed by atoms with Gasteiger partial charge < -0.3 is 10.2 Å². The summed E-state index contributed by atoms with van der Waals surface area (Å²) in [6.45, 7) is 1.56. The number of benzene rings is 1. The Labute approximate surface area is 173 Å². The largest absolute Gasteiger partial charge is 0.471 e. The molecule has 0 unspecified atom stereocenters. The first-order valence-electron chi connectivity index (χ1n) is 9.06. The predicted octanol–water partition coefficient (Wildman–Crippen LogP) is 4.05. The molecule has 0 radical (unpaired) electrons. The summed E-state index contributed by atoms with van der Waals surface area (Å²) in [7, 11) is 0. The van der Waals surface area contributed by atoms with Gasteiger partial charge in [-0.1, -0.05) is 23.7 Å². The lowest BCUT2D eigenvalue weighted by Gasteiger charge is -2.27. The van der Waals surface area contributed by atoms with E-state index in [1.807, 2.05) is 11.4 Å².